The Labute approximate surface area is 146 Å². The SMILES string of the molecule is CCOCCNc1nc(N)nc2ccn(Cc3ccc(CO)cc3)c12. The fourth-order valence-corrected chi connectivity index (χ4v) is 2.71. The van der Waals surface area contributed by atoms with E-state index in [2.05, 4.69) is 19.9 Å². The first-order valence-corrected chi connectivity index (χ1v) is 8.34. The number of hydrogen-bond donors (Lipinski definition) is 3. The standard InChI is InChI=1S/C18H23N5O2/c1-2-25-10-8-20-17-16-15(21-18(19)22-17)7-9-23(16)11-13-3-5-14(12-24)6-4-13/h3-7,9,24H,2,8,10-12H2,1H3,(H3,19,20,21,22). The molecule has 7 nitrogen and oxygen atoms in total. The van der Waals surface area contributed by atoms with Crippen molar-refractivity contribution >= 4 is 22.8 Å². The van der Waals surface area contributed by atoms with Crippen molar-refractivity contribution in [2.24, 2.45) is 0 Å². The molecule has 0 spiro atoms. The first kappa shape index (κ1) is 17.2. The van der Waals surface area contributed by atoms with E-state index in [1.165, 1.54) is 0 Å². The molecular weight excluding hydrogens is 318 g/mol. The third-order valence-electron chi connectivity index (χ3n) is 3.93. The van der Waals surface area contributed by atoms with Gasteiger partial charge in [0.25, 0.3) is 0 Å². The third-order valence-corrected chi connectivity index (χ3v) is 3.93. The average molecular weight is 341 g/mol. The number of nitrogens with two attached hydrogens (primary N) is 1. The highest BCUT2D eigenvalue weighted by Crippen LogP contribution is 2.23. The highest BCUT2D eigenvalue weighted by atomic mass is 16.5. The van der Waals surface area contributed by atoms with Crippen molar-refractivity contribution < 1.29 is 9.84 Å². The number of fused-ring (bicyclic) bond motifs is 1. The van der Waals surface area contributed by atoms with Gasteiger partial charge < -0.3 is 25.5 Å². The van der Waals surface area contributed by atoms with Gasteiger partial charge in [0.15, 0.2) is 5.82 Å². The number of benzene rings is 1. The Kier molecular flexibility index (Phi) is 5.47. The van der Waals surface area contributed by atoms with Gasteiger partial charge in [0.05, 0.1) is 18.7 Å². The van der Waals surface area contributed by atoms with E-state index < -0.39 is 0 Å². The Balaban J connectivity index is 1.86. The van der Waals surface area contributed by atoms with Gasteiger partial charge in [-0.2, -0.15) is 4.98 Å². The summed E-state index contributed by atoms with van der Waals surface area (Å²) in [5.41, 5.74) is 9.57. The minimum Gasteiger partial charge on any atom is -0.392 e. The van der Waals surface area contributed by atoms with Crippen LogP contribution in [0.5, 0.6) is 0 Å². The van der Waals surface area contributed by atoms with Crippen molar-refractivity contribution in [1.29, 1.82) is 0 Å². The third kappa shape index (κ3) is 4.07. The van der Waals surface area contributed by atoms with Gasteiger partial charge in [-0.1, -0.05) is 24.3 Å². The highest BCUT2D eigenvalue weighted by molar-refractivity contribution is 5.87. The second-order valence-electron chi connectivity index (χ2n) is 5.71. The smallest absolute Gasteiger partial charge is 0.222 e. The van der Waals surface area contributed by atoms with Crippen molar-refractivity contribution in [3.63, 3.8) is 0 Å². The normalized spacial score (nSPS) is 11.1. The maximum Gasteiger partial charge on any atom is 0.222 e. The molecule has 0 atom stereocenters. The highest BCUT2D eigenvalue weighted by Gasteiger charge is 2.11. The van der Waals surface area contributed by atoms with Crippen LogP contribution in [0.1, 0.15) is 18.1 Å². The molecule has 0 saturated heterocycles. The topological polar surface area (TPSA) is 98.2 Å². The van der Waals surface area contributed by atoms with Gasteiger partial charge in [0.2, 0.25) is 5.95 Å². The molecular formula is C18H23N5O2. The van der Waals surface area contributed by atoms with Crippen molar-refractivity contribution in [1.82, 2.24) is 14.5 Å². The van der Waals surface area contributed by atoms with Gasteiger partial charge in [-0.25, -0.2) is 4.98 Å². The van der Waals surface area contributed by atoms with Crippen LogP contribution in [-0.2, 0) is 17.9 Å². The molecule has 0 aliphatic rings. The van der Waals surface area contributed by atoms with E-state index in [1.807, 2.05) is 43.5 Å². The van der Waals surface area contributed by atoms with Crippen LogP contribution in [0.25, 0.3) is 11.0 Å². The quantitative estimate of drug-likeness (QED) is 0.542. The fourth-order valence-electron chi connectivity index (χ4n) is 2.71. The molecule has 0 fully saturated rings. The summed E-state index contributed by atoms with van der Waals surface area (Å²) in [7, 11) is 0. The summed E-state index contributed by atoms with van der Waals surface area (Å²) < 4.78 is 7.45. The van der Waals surface area contributed by atoms with Gasteiger partial charge in [-0.15, -0.1) is 0 Å². The Morgan fingerprint density at radius 1 is 1.16 bits per heavy atom. The zero-order valence-electron chi connectivity index (χ0n) is 14.3. The summed E-state index contributed by atoms with van der Waals surface area (Å²) in [5.74, 6) is 0.954. The lowest BCUT2D eigenvalue weighted by Crippen LogP contribution is -2.13. The van der Waals surface area contributed by atoms with Gasteiger partial charge >= 0.3 is 0 Å². The molecule has 0 radical (unpaired) electrons. The van der Waals surface area contributed by atoms with Crippen LogP contribution in [-0.4, -0.2) is 39.4 Å². The molecule has 3 aromatic rings. The van der Waals surface area contributed by atoms with Gasteiger partial charge in [0.1, 0.15) is 5.52 Å². The first-order valence-electron chi connectivity index (χ1n) is 8.34. The number of hydrogen-bond acceptors (Lipinski definition) is 6. The van der Waals surface area contributed by atoms with Crippen LogP contribution in [0.15, 0.2) is 36.5 Å². The molecule has 1 aromatic carbocycles. The molecule has 7 heteroatoms. The number of ether oxygens (including phenoxy) is 1. The molecule has 0 unspecified atom stereocenters. The molecule has 0 bridgehead atoms. The largest absolute Gasteiger partial charge is 0.392 e. The van der Waals surface area contributed by atoms with Gasteiger partial charge in [-0.3, -0.25) is 0 Å². The van der Waals surface area contributed by atoms with Crippen molar-refractivity contribution in [2.45, 2.75) is 20.1 Å². The lowest BCUT2D eigenvalue weighted by Gasteiger charge is -2.12. The van der Waals surface area contributed by atoms with E-state index in [0.29, 0.717) is 32.1 Å². The van der Waals surface area contributed by atoms with E-state index in [4.69, 9.17) is 15.6 Å². The van der Waals surface area contributed by atoms with Crippen LogP contribution in [0.4, 0.5) is 11.8 Å². The van der Waals surface area contributed by atoms with Crippen LogP contribution >= 0.6 is 0 Å². The first-order chi connectivity index (χ1) is 12.2. The van der Waals surface area contributed by atoms with Crippen molar-refractivity contribution in [2.75, 3.05) is 30.8 Å². The molecule has 0 aliphatic heterocycles. The van der Waals surface area contributed by atoms with Crippen LogP contribution in [0, 0.1) is 0 Å². The molecule has 132 valence electrons. The fraction of sp³-hybridized carbons (Fsp3) is 0.333. The zero-order chi connectivity index (χ0) is 17.6. The average Bonchev–Trinajstić information content (AvgIpc) is 3.02. The van der Waals surface area contributed by atoms with E-state index >= 15 is 0 Å². The Hall–Kier alpha value is -2.64. The maximum absolute atomic E-state index is 9.16. The lowest BCUT2D eigenvalue weighted by molar-refractivity contribution is 0.158. The molecule has 0 aliphatic carbocycles. The molecule has 25 heavy (non-hydrogen) atoms. The number of nitrogens with zero attached hydrogens (tertiary/aromatic N) is 3. The number of aliphatic hydroxyl groups is 1. The van der Waals surface area contributed by atoms with Crippen molar-refractivity contribution in [3.05, 3.63) is 47.7 Å². The van der Waals surface area contributed by atoms with Gasteiger partial charge in [-0.05, 0) is 24.1 Å². The van der Waals surface area contributed by atoms with Gasteiger partial charge in [0, 0.05) is 25.9 Å². The monoisotopic (exact) mass is 341 g/mol. The molecule has 0 amide bonds. The number of nitrogens with one attached hydrogen (secondary N) is 1. The molecule has 3 rings (SSSR count). The predicted octanol–water partition coefficient (Wildman–Crippen LogP) is 2.00. The summed E-state index contributed by atoms with van der Waals surface area (Å²) in [5, 5.41) is 12.4. The molecule has 2 aromatic heterocycles. The van der Waals surface area contributed by atoms with E-state index in [0.717, 1.165) is 22.2 Å². The summed E-state index contributed by atoms with van der Waals surface area (Å²) in [6, 6.07) is 9.81. The molecule has 2 heterocycles. The molecule has 4 N–H and O–H groups in total. The number of nitrogen functional groups attached to an aromatic ring is 1. The number of aromatic nitrogens is 3. The Morgan fingerprint density at radius 2 is 1.92 bits per heavy atom. The minimum atomic E-state index is 0.0494. The van der Waals surface area contributed by atoms with E-state index in [9.17, 15) is 0 Å². The molecule has 0 saturated carbocycles. The Morgan fingerprint density at radius 3 is 2.64 bits per heavy atom. The van der Waals surface area contributed by atoms with E-state index in [1.54, 1.807) is 0 Å². The van der Waals surface area contributed by atoms with Crippen molar-refractivity contribution in [3.8, 4) is 0 Å². The summed E-state index contributed by atoms with van der Waals surface area (Å²) >= 11 is 0. The van der Waals surface area contributed by atoms with Crippen LogP contribution < -0.4 is 11.1 Å². The maximum atomic E-state index is 9.16. The predicted molar refractivity (Wildman–Crippen MR) is 98.4 cm³/mol. The van der Waals surface area contributed by atoms with Crippen LogP contribution in [0.2, 0.25) is 0 Å². The number of aliphatic hydroxyl groups excluding tert-OH is 1. The summed E-state index contributed by atoms with van der Waals surface area (Å²) in [6.45, 7) is 4.63. The van der Waals surface area contributed by atoms with E-state index in [-0.39, 0.29) is 12.6 Å². The summed E-state index contributed by atoms with van der Waals surface area (Å²) in [6.07, 6.45) is 1.98. The second-order valence-corrected chi connectivity index (χ2v) is 5.71. The summed E-state index contributed by atoms with van der Waals surface area (Å²) in [4.78, 5) is 8.66. The minimum absolute atomic E-state index is 0.0494. The number of rotatable bonds is 8. The van der Waals surface area contributed by atoms with Crippen LogP contribution in [0.3, 0.4) is 0 Å². The second kappa shape index (κ2) is 7.96. The Bertz CT molecular complexity index is 829. The number of anilines is 2. The lowest BCUT2D eigenvalue weighted by atomic mass is 10.1. The zero-order valence-corrected chi connectivity index (χ0v) is 14.3.